The van der Waals surface area contributed by atoms with E-state index in [0.717, 1.165) is 19.3 Å². The lowest BCUT2D eigenvalue weighted by Gasteiger charge is -2.07. The molecule has 0 aromatic rings. The minimum atomic E-state index is -0.125. The van der Waals surface area contributed by atoms with Crippen LogP contribution in [0.25, 0.3) is 0 Å². The highest BCUT2D eigenvalue weighted by atomic mass is 16.3. The SMILES string of the molecule is CCC(O)CCCCCCCCCCC(C)O. The molecule has 0 bridgehead atoms. The van der Waals surface area contributed by atoms with Gasteiger partial charge in [-0.3, -0.25) is 0 Å². The molecule has 2 unspecified atom stereocenters. The molecule has 0 radical (unpaired) electrons. The van der Waals surface area contributed by atoms with E-state index in [9.17, 15) is 5.11 Å². The van der Waals surface area contributed by atoms with Crippen LogP contribution in [0.1, 0.15) is 84.5 Å². The Hall–Kier alpha value is -0.0800. The first-order chi connectivity index (χ1) is 8.16. The van der Waals surface area contributed by atoms with Gasteiger partial charge in [-0.25, -0.2) is 0 Å². The van der Waals surface area contributed by atoms with Gasteiger partial charge in [0.25, 0.3) is 0 Å². The molecular formula is C15H32O2. The van der Waals surface area contributed by atoms with Crippen molar-refractivity contribution in [1.82, 2.24) is 0 Å². The number of rotatable bonds is 12. The molecule has 0 amide bonds. The lowest BCUT2D eigenvalue weighted by Crippen LogP contribution is -2.03. The second kappa shape index (κ2) is 12.4. The quantitative estimate of drug-likeness (QED) is 0.509. The lowest BCUT2D eigenvalue weighted by atomic mass is 10.0. The molecule has 17 heavy (non-hydrogen) atoms. The van der Waals surface area contributed by atoms with Crippen molar-refractivity contribution in [3.05, 3.63) is 0 Å². The average molecular weight is 244 g/mol. The van der Waals surface area contributed by atoms with E-state index in [1.807, 2.05) is 13.8 Å². The van der Waals surface area contributed by atoms with Gasteiger partial charge < -0.3 is 10.2 Å². The molecule has 0 aromatic carbocycles. The van der Waals surface area contributed by atoms with Crippen LogP contribution in [0.5, 0.6) is 0 Å². The molecule has 0 aliphatic carbocycles. The van der Waals surface area contributed by atoms with Crippen LogP contribution in [-0.4, -0.2) is 22.4 Å². The molecule has 0 saturated carbocycles. The summed E-state index contributed by atoms with van der Waals surface area (Å²) in [4.78, 5) is 0. The monoisotopic (exact) mass is 244 g/mol. The van der Waals surface area contributed by atoms with E-state index in [4.69, 9.17) is 5.11 Å². The Labute approximate surface area is 107 Å². The van der Waals surface area contributed by atoms with Crippen LogP contribution in [0.15, 0.2) is 0 Å². The van der Waals surface area contributed by atoms with Gasteiger partial charge >= 0.3 is 0 Å². The van der Waals surface area contributed by atoms with Crippen molar-refractivity contribution in [2.24, 2.45) is 0 Å². The molecule has 0 aliphatic heterocycles. The summed E-state index contributed by atoms with van der Waals surface area (Å²) in [5.41, 5.74) is 0. The van der Waals surface area contributed by atoms with Crippen LogP contribution >= 0.6 is 0 Å². The van der Waals surface area contributed by atoms with Crippen molar-refractivity contribution in [3.8, 4) is 0 Å². The average Bonchev–Trinajstić information content (AvgIpc) is 2.30. The van der Waals surface area contributed by atoms with Crippen molar-refractivity contribution < 1.29 is 10.2 Å². The van der Waals surface area contributed by atoms with Crippen molar-refractivity contribution in [3.63, 3.8) is 0 Å². The first-order valence-corrected chi connectivity index (χ1v) is 7.53. The van der Waals surface area contributed by atoms with E-state index in [1.54, 1.807) is 0 Å². The van der Waals surface area contributed by atoms with Gasteiger partial charge in [-0.15, -0.1) is 0 Å². The van der Waals surface area contributed by atoms with Gasteiger partial charge in [-0.2, -0.15) is 0 Å². The predicted molar refractivity (Wildman–Crippen MR) is 74.1 cm³/mol. The number of aliphatic hydroxyl groups excluding tert-OH is 2. The standard InChI is InChI=1S/C15H32O2/c1-3-15(17)13-11-9-7-5-4-6-8-10-12-14(2)16/h14-17H,3-13H2,1-2H3. The minimum Gasteiger partial charge on any atom is -0.393 e. The molecule has 0 aromatic heterocycles. The maximum absolute atomic E-state index is 9.38. The highest BCUT2D eigenvalue weighted by Gasteiger charge is 1.99. The zero-order chi connectivity index (χ0) is 12.9. The van der Waals surface area contributed by atoms with Gasteiger partial charge in [0.15, 0.2) is 0 Å². The van der Waals surface area contributed by atoms with Crippen LogP contribution in [-0.2, 0) is 0 Å². The summed E-state index contributed by atoms with van der Waals surface area (Å²) in [5, 5.41) is 18.5. The van der Waals surface area contributed by atoms with Crippen LogP contribution in [0.3, 0.4) is 0 Å². The van der Waals surface area contributed by atoms with Gasteiger partial charge in [0, 0.05) is 0 Å². The molecular weight excluding hydrogens is 212 g/mol. The Kier molecular flexibility index (Phi) is 12.3. The first-order valence-electron chi connectivity index (χ1n) is 7.53. The fourth-order valence-corrected chi connectivity index (χ4v) is 2.08. The van der Waals surface area contributed by atoms with Crippen molar-refractivity contribution >= 4 is 0 Å². The minimum absolute atomic E-state index is 0.0736. The first kappa shape index (κ1) is 16.9. The summed E-state index contributed by atoms with van der Waals surface area (Å²) in [6, 6.07) is 0. The third-order valence-corrected chi connectivity index (χ3v) is 3.38. The highest BCUT2D eigenvalue weighted by Crippen LogP contribution is 2.12. The summed E-state index contributed by atoms with van der Waals surface area (Å²) in [5.74, 6) is 0. The largest absolute Gasteiger partial charge is 0.393 e. The Morgan fingerprint density at radius 1 is 0.706 bits per heavy atom. The van der Waals surface area contributed by atoms with E-state index < -0.39 is 0 Å². The van der Waals surface area contributed by atoms with E-state index in [-0.39, 0.29) is 12.2 Å². The van der Waals surface area contributed by atoms with Gasteiger partial charge in [0.1, 0.15) is 0 Å². The molecule has 0 fully saturated rings. The third-order valence-electron chi connectivity index (χ3n) is 3.38. The molecule has 0 aliphatic rings. The van der Waals surface area contributed by atoms with E-state index in [1.165, 1.54) is 51.4 Å². The van der Waals surface area contributed by atoms with Crippen molar-refractivity contribution in [2.45, 2.75) is 96.7 Å². The lowest BCUT2D eigenvalue weighted by molar-refractivity contribution is 0.156. The van der Waals surface area contributed by atoms with Gasteiger partial charge in [-0.05, 0) is 26.2 Å². The second-order valence-electron chi connectivity index (χ2n) is 5.32. The molecule has 2 heteroatoms. The van der Waals surface area contributed by atoms with E-state index in [2.05, 4.69) is 0 Å². The smallest absolute Gasteiger partial charge is 0.0537 e. The topological polar surface area (TPSA) is 40.5 Å². The third kappa shape index (κ3) is 13.9. The molecule has 2 atom stereocenters. The van der Waals surface area contributed by atoms with Gasteiger partial charge in [0.2, 0.25) is 0 Å². The molecule has 0 saturated heterocycles. The Morgan fingerprint density at radius 2 is 1.12 bits per heavy atom. The van der Waals surface area contributed by atoms with Crippen molar-refractivity contribution in [2.75, 3.05) is 0 Å². The zero-order valence-corrected chi connectivity index (χ0v) is 11.8. The zero-order valence-electron chi connectivity index (χ0n) is 11.8. The predicted octanol–water partition coefficient (Wildman–Crippen LogP) is 4.04. The summed E-state index contributed by atoms with van der Waals surface area (Å²) < 4.78 is 0. The molecule has 0 spiro atoms. The van der Waals surface area contributed by atoms with Crippen molar-refractivity contribution in [1.29, 1.82) is 0 Å². The number of unbranched alkanes of at least 4 members (excludes halogenated alkanes) is 7. The van der Waals surface area contributed by atoms with Gasteiger partial charge in [-0.1, -0.05) is 58.3 Å². The summed E-state index contributed by atoms with van der Waals surface area (Å²) in [6.07, 6.45) is 12.8. The summed E-state index contributed by atoms with van der Waals surface area (Å²) in [6.45, 7) is 3.91. The molecule has 104 valence electrons. The van der Waals surface area contributed by atoms with Crippen LogP contribution in [0.2, 0.25) is 0 Å². The normalized spacial score (nSPS) is 14.8. The van der Waals surface area contributed by atoms with Crippen LogP contribution in [0.4, 0.5) is 0 Å². The van der Waals surface area contributed by atoms with Gasteiger partial charge in [0.05, 0.1) is 12.2 Å². The van der Waals surface area contributed by atoms with Crippen LogP contribution in [0, 0.1) is 0 Å². The number of hydrogen-bond acceptors (Lipinski definition) is 2. The van der Waals surface area contributed by atoms with Crippen LogP contribution < -0.4 is 0 Å². The molecule has 0 rings (SSSR count). The second-order valence-corrected chi connectivity index (χ2v) is 5.32. The molecule has 2 N–H and O–H groups in total. The highest BCUT2D eigenvalue weighted by molar-refractivity contribution is 4.54. The summed E-state index contributed by atoms with van der Waals surface area (Å²) >= 11 is 0. The maximum Gasteiger partial charge on any atom is 0.0537 e. The summed E-state index contributed by atoms with van der Waals surface area (Å²) in [7, 11) is 0. The Bertz CT molecular complexity index is 146. The maximum atomic E-state index is 9.38. The Morgan fingerprint density at radius 3 is 1.53 bits per heavy atom. The van der Waals surface area contributed by atoms with E-state index >= 15 is 0 Å². The molecule has 2 nitrogen and oxygen atoms in total. The Balaban J connectivity index is 2.99. The molecule has 0 heterocycles. The fraction of sp³-hybridized carbons (Fsp3) is 1.00. The number of aliphatic hydroxyl groups is 2. The van der Waals surface area contributed by atoms with E-state index in [0.29, 0.717) is 0 Å². The number of hydrogen-bond donors (Lipinski definition) is 2. The fourth-order valence-electron chi connectivity index (χ4n) is 2.08.